The molecule has 1 rings (SSSR count). The summed E-state index contributed by atoms with van der Waals surface area (Å²) in [7, 11) is 1.51. The van der Waals surface area contributed by atoms with Crippen molar-refractivity contribution < 1.29 is 29.3 Å². The van der Waals surface area contributed by atoms with Gasteiger partial charge in [0, 0.05) is 5.56 Å². The first-order chi connectivity index (χ1) is 11.6. The number of hydrogen-bond acceptors (Lipinski definition) is 5. The van der Waals surface area contributed by atoms with Gasteiger partial charge in [-0.2, -0.15) is 0 Å². The molecule has 1 aromatic carbocycles. The molecule has 4 N–H and O–H groups in total. The third kappa shape index (κ3) is 5.75. The summed E-state index contributed by atoms with van der Waals surface area (Å²) in [4.78, 5) is 35.4. The van der Waals surface area contributed by atoms with E-state index in [-0.39, 0.29) is 5.92 Å². The highest BCUT2D eigenvalue weighted by Crippen LogP contribution is 2.12. The molecule has 2 atom stereocenters. The van der Waals surface area contributed by atoms with E-state index in [1.54, 1.807) is 38.1 Å². The minimum atomic E-state index is -2.09. The summed E-state index contributed by atoms with van der Waals surface area (Å²) in [5.41, 5.74) is -1.73. The third-order valence-corrected chi connectivity index (χ3v) is 3.66. The van der Waals surface area contributed by atoms with Gasteiger partial charge in [-0.15, -0.1) is 0 Å². The van der Waals surface area contributed by atoms with Crippen LogP contribution >= 0.6 is 0 Å². The second kappa shape index (κ2) is 8.48. The molecule has 0 aliphatic rings. The fraction of sp³-hybridized carbons (Fsp3) is 0.471. The monoisotopic (exact) mass is 352 g/mol. The Hall–Kier alpha value is -2.61. The standard InChI is InChI=1S/C17H24N2O6/c1-10(2)13(15(21)18-9-17(3,24)16(22)23)19-14(20)11-5-7-12(25-4)8-6-11/h5-8,10,13,24H,9H2,1-4H3,(H,18,21)(H,19,20)(H,22,23). The summed E-state index contributed by atoms with van der Waals surface area (Å²) >= 11 is 0. The molecule has 0 aromatic heterocycles. The molecule has 0 aliphatic heterocycles. The molecule has 0 heterocycles. The van der Waals surface area contributed by atoms with Crippen molar-refractivity contribution in [3.05, 3.63) is 29.8 Å². The summed E-state index contributed by atoms with van der Waals surface area (Å²) in [5, 5.41) is 23.5. The number of carboxylic acids is 1. The van der Waals surface area contributed by atoms with Crippen LogP contribution in [0.3, 0.4) is 0 Å². The van der Waals surface area contributed by atoms with Crippen LogP contribution in [0.5, 0.6) is 5.75 Å². The smallest absolute Gasteiger partial charge is 0.337 e. The van der Waals surface area contributed by atoms with Crippen LogP contribution in [0.1, 0.15) is 31.1 Å². The van der Waals surface area contributed by atoms with E-state index in [9.17, 15) is 19.5 Å². The van der Waals surface area contributed by atoms with Crippen molar-refractivity contribution in [1.82, 2.24) is 10.6 Å². The highest BCUT2D eigenvalue weighted by molar-refractivity contribution is 5.97. The summed E-state index contributed by atoms with van der Waals surface area (Å²) in [6.45, 7) is 4.10. The number of hydrogen-bond donors (Lipinski definition) is 4. The van der Waals surface area contributed by atoms with Gasteiger partial charge < -0.3 is 25.6 Å². The normalized spacial score (nSPS) is 14.3. The number of amides is 2. The average molecular weight is 352 g/mol. The Morgan fingerprint density at radius 1 is 1.20 bits per heavy atom. The first-order valence-electron chi connectivity index (χ1n) is 7.77. The fourth-order valence-electron chi connectivity index (χ4n) is 1.95. The van der Waals surface area contributed by atoms with Crippen LogP contribution in [-0.2, 0) is 9.59 Å². The molecule has 8 heteroatoms. The number of rotatable bonds is 8. The first-order valence-corrected chi connectivity index (χ1v) is 7.77. The maximum absolute atomic E-state index is 12.3. The molecular weight excluding hydrogens is 328 g/mol. The molecule has 0 aliphatic carbocycles. The number of ether oxygens (including phenoxy) is 1. The lowest BCUT2D eigenvalue weighted by Crippen LogP contribution is -2.54. The molecule has 0 saturated carbocycles. The lowest BCUT2D eigenvalue weighted by Gasteiger charge is -2.24. The van der Waals surface area contributed by atoms with Crippen LogP contribution in [0.2, 0.25) is 0 Å². The fourth-order valence-corrected chi connectivity index (χ4v) is 1.95. The minimum absolute atomic E-state index is 0.239. The lowest BCUT2D eigenvalue weighted by atomic mass is 10.0. The van der Waals surface area contributed by atoms with Gasteiger partial charge in [0.25, 0.3) is 5.91 Å². The van der Waals surface area contributed by atoms with Gasteiger partial charge in [-0.3, -0.25) is 9.59 Å². The van der Waals surface area contributed by atoms with Crippen LogP contribution in [0.4, 0.5) is 0 Å². The van der Waals surface area contributed by atoms with E-state index in [0.717, 1.165) is 6.92 Å². The zero-order chi connectivity index (χ0) is 19.2. The second-order valence-electron chi connectivity index (χ2n) is 6.22. The number of carboxylic acid groups (broad SMARTS) is 1. The topological polar surface area (TPSA) is 125 Å². The van der Waals surface area contributed by atoms with E-state index in [1.165, 1.54) is 7.11 Å². The largest absolute Gasteiger partial charge is 0.497 e. The van der Waals surface area contributed by atoms with Crippen LogP contribution < -0.4 is 15.4 Å². The number of carbonyl (C=O) groups is 3. The number of methoxy groups -OCH3 is 1. The van der Waals surface area contributed by atoms with Gasteiger partial charge in [0.05, 0.1) is 13.7 Å². The molecular formula is C17H24N2O6. The van der Waals surface area contributed by atoms with E-state index in [0.29, 0.717) is 11.3 Å². The SMILES string of the molecule is COc1ccc(C(=O)NC(C(=O)NCC(C)(O)C(=O)O)C(C)C)cc1. The Bertz CT molecular complexity index is 625. The summed E-state index contributed by atoms with van der Waals surface area (Å²) in [6.07, 6.45) is 0. The minimum Gasteiger partial charge on any atom is -0.497 e. The van der Waals surface area contributed by atoms with Gasteiger partial charge >= 0.3 is 5.97 Å². The molecule has 0 fully saturated rings. The van der Waals surface area contributed by atoms with E-state index in [1.807, 2.05) is 0 Å². The molecule has 138 valence electrons. The Morgan fingerprint density at radius 3 is 2.20 bits per heavy atom. The van der Waals surface area contributed by atoms with E-state index in [2.05, 4.69) is 10.6 Å². The quantitative estimate of drug-likeness (QED) is 0.537. The van der Waals surface area contributed by atoms with Gasteiger partial charge in [-0.05, 0) is 37.1 Å². The molecule has 0 radical (unpaired) electrons. The average Bonchev–Trinajstić information content (AvgIpc) is 2.57. The maximum Gasteiger partial charge on any atom is 0.337 e. The molecule has 8 nitrogen and oxygen atoms in total. The summed E-state index contributed by atoms with van der Waals surface area (Å²) < 4.78 is 5.02. The summed E-state index contributed by atoms with van der Waals surface area (Å²) in [5.74, 6) is -2.10. The zero-order valence-electron chi connectivity index (χ0n) is 14.7. The van der Waals surface area contributed by atoms with Crippen molar-refractivity contribution in [1.29, 1.82) is 0 Å². The van der Waals surface area contributed by atoms with Crippen LogP contribution in [0.15, 0.2) is 24.3 Å². The Morgan fingerprint density at radius 2 is 1.76 bits per heavy atom. The predicted molar refractivity (Wildman–Crippen MR) is 90.4 cm³/mol. The molecule has 0 saturated heterocycles. The predicted octanol–water partition coefficient (Wildman–Crippen LogP) is 0.401. The number of nitrogens with one attached hydrogen (secondary N) is 2. The maximum atomic E-state index is 12.3. The molecule has 0 spiro atoms. The van der Waals surface area contributed by atoms with Crippen molar-refractivity contribution in [2.24, 2.45) is 5.92 Å². The highest BCUT2D eigenvalue weighted by Gasteiger charge is 2.32. The van der Waals surface area contributed by atoms with Gasteiger partial charge in [0.2, 0.25) is 5.91 Å². The Balaban J connectivity index is 2.77. The van der Waals surface area contributed by atoms with E-state index in [4.69, 9.17) is 9.84 Å². The third-order valence-electron chi connectivity index (χ3n) is 3.66. The van der Waals surface area contributed by atoms with Gasteiger partial charge in [0.1, 0.15) is 11.8 Å². The molecule has 25 heavy (non-hydrogen) atoms. The van der Waals surface area contributed by atoms with Crippen molar-refractivity contribution in [2.75, 3.05) is 13.7 Å². The number of benzene rings is 1. The van der Waals surface area contributed by atoms with Crippen molar-refractivity contribution >= 4 is 17.8 Å². The second-order valence-corrected chi connectivity index (χ2v) is 6.22. The molecule has 2 unspecified atom stereocenters. The first kappa shape index (κ1) is 20.4. The van der Waals surface area contributed by atoms with Gasteiger partial charge in [-0.25, -0.2) is 4.79 Å². The van der Waals surface area contributed by atoms with Crippen LogP contribution in [-0.4, -0.2) is 53.3 Å². The Labute approximate surface area is 146 Å². The van der Waals surface area contributed by atoms with E-state index < -0.39 is 36.0 Å². The van der Waals surface area contributed by atoms with Gasteiger partial charge in [-0.1, -0.05) is 13.8 Å². The Kier molecular flexibility index (Phi) is 6.93. The number of aliphatic hydroxyl groups is 1. The highest BCUT2D eigenvalue weighted by atomic mass is 16.5. The van der Waals surface area contributed by atoms with Crippen molar-refractivity contribution in [2.45, 2.75) is 32.4 Å². The van der Waals surface area contributed by atoms with Gasteiger partial charge in [0.15, 0.2) is 5.60 Å². The van der Waals surface area contributed by atoms with Crippen molar-refractivity contribution in [3.63, 3.8) is 0 Å². The van der Waals surface area contributed by atoms with Crippen molar-refractivity contribution in [3.8, 4) is 5.75 Å². The molecule has 1 aromatic rings. The van der Waals surface area contributed by atoms with Crippen LogP contribution in [0.25, 0.3) is 0 Å². The van der Waals surface area contributed by atoms with Crippen LogP contribution in [0, 0.1) is 5.92 Å². The molecule has 2 amide bonds. The van der Waals surface area contributed by atoms with E-state index >= 15 is 0 Å². The molecule has 0 bridgehead atoms. The zero-order valence-corrected chi connectivity index (χ0v) is 14.7. The summed E-state index contributed by atoms with van der Waals surface area (Å²) in [6, 6.07) is 5.52. The number of aliphatic carboxylic acids is 1. The lowest BCUT2D eigenvalue weighted by molar-refractivity contribution is -0.156. The number of carbonyl (C=O) groups excluding carboxylic acids is 2.